The Labute approximate surface area is 159 Å². The molecule has 0 unspecified atom stereocenters. The number of carbonyl (C=O) groups is 3. The van der Waals surface area contributed by atoms with E-state index in [1.165, 1.54) is 16.9 Å². The monoisotopic (exact) mass is 432 g/mol. The molecule has 1 aliphatic rings. The fourth-order valence-electron chi connectivity index (χ4n) is 1.87. The van der Waals surface area contributed by atoms with Crippen LogP contribution in [0.25, 0.3) is 0 Å². The molecule has 0 radical (unpaired) electrons. The number of nitrogens with zero attached hydrogens (tertiary/aromatic N) is 2. The largest absolute Gasteiger partial charge is 0.490 e. The molecule has 14 heteroatoms. The Balaban J connectivity index is 0.000000447. The third kappa shape index (κ3) is 7.19. The maximum Gasteiger partial charge on any atom is 0.490 e. The standard InChI is InChI=1S/C12H12F3N3O3.C3H3F3O2/c13-12(14,15)11(3-4-11)17-10(21)8-1-5-18(16-7-8)6-2-9(19)20;1-8-2(7)3(4,5)6/h1,5,7H,2-4,6H2,(H-,17,19,20,21);1H3/p+1. The van der Waals surface area contributed by atoms with Crippen LogP contribution in [-0.4, -0.2) is 53.1 Å². The van der Waals surface area contributed by atoms with E-state index in [4.69, 9.17) is 5.11 Å². The van der Waals surface area contributed by atoms with Crippen molar-refractivity contribution < 1.29 is 55.3 Å². The zero-order chi connectivity index (χ0) is 22.5. The normalized spacial score (nSPS) is 14.9. The minimum atomic E-state index is -4.85. The van der Waals surface area contributed by atoms with E-state index in [1.807, 2.05) is 5.32 Å². The average Bonchev–Trinajstić information content (AvgIpc) is 3.40. The highest BCUT2D eigenvalue weighted by atomic mass is 19.4. The number of carbonyl (C=O) groups excluding carboxylic acids is 2. The van der Waals surface area contributed by atoms with Gasteiger partial charge in [-0.05, 0) is 17.9 Å². The third-order valence-electron chi connectivity index (χ3n) is 3.65. The Morgan fingerprint density at radius 1 is 1.24 bits per heavy atom. The fourth-order valence-corrected chi connectivity index (χ4v) is 1.87. The van der Waals surface area contributed by atoms with Crippen LogP contribution in [-0.2, 0) is 20.9 Å². The second kappa shape index (κ2) is 9.05. The first kappa shape index (κ1) is 24.1. The number of halogens is 6. The van der Waals surface area contributed by atoms with Gasteiger partial charge in [0.2, 0.25) is 0 Å². The Morgan fingerprint density at radius 3 is 2.14 bits per heavy atom. The van der Waals surface area contributed by atoms with Gasteiger partial charge in [0, 0.05) is 6.07 Å². The number of aromatic nitrogens is 2. The first-order valence-corrected chi connectivity index (χ1v) is 7.84. The van der Waals surface area contributed by atoms with Crippen molar-refractivity contribution in [2.45, 2.75) is 43.7 Å². The number of hydrogen-bond acceptors (Lipinski definition) is 5. The maximum atomic E-state index is 12.7. The topological polar surface area (TPSA) is 109 Å². The number of carboxylic acid groups (broad SMARTS) is 1. The molecular formula is C15H16F6N3O5+. The zero-order valence-electron chi connectivity index (χ0n) is 14.8. The van der Waals surface area contributed by atoms with Gasteiger partial charge in [-0.1, -0.05) is 4.68 Å². The number of rotatable bonds is 5. The predicted octanol–water partition coefficient (Wildman–Crippen LogP) is 1.39. The Kier molecular flexibility index (Phi) is 7.52. The van der Waals surface area contributed by atoms with Crippen LogP contribution in [0.15, 0.2) is 18.5 Å². The van der Waals surface area contributed by atoms with Crippen LogP contribution >= 0.6 is 0 Å². The highest BCUT2D eigenvalue weighted by Crippen LogP contribution is 2.49. The van der Waals surface area contributed by atoms with E-state index >= 15 is 0 Å². The second-order valence-electron chi connectivity index (χ2n) is 5.85. The number of hydrogen-bond donors (Lipinski definition) is 2. The Hall–Kier alpha value is -2.93. The Bertz CT molecular complexity index is 744. The van der Waals surface area contributed by atoms with Crippen molar-refractivity contribution in [2.75, 3.05) is 7.11 Å². The summed E-state index contributed by atoms with van der Waals surface area (Å²) in [5.74, 6) is -4.01. The molecule has 1 aromatic heterocycles. The van der Waals surface area contributed by atoms with Crippen LogP contribution in [0.3, 0.4) is 0 Å². The summed E-state index contributed by atoms with van der Waals surface area (Å²) in [5.41, 5.74) is -2.11. The molecule has 1 saturated carbocycles. The summed E-state index contributed by atoms with van der Waals surface area (Å²) >= 11 is 0. The summed E-state index contributed by atoms with van der Waals surface area (Å²) in [5, 5.41) is 14.3. The summed E-state index contributed by atoms with van der Waals surface area (Å²) in [6.45, 7) is 0.115. The van der Waals surface area contributed by atoms with Gasteiger partial charge < -0.3 is 15.2 Å². The van der Waals surface area contributed by atoms with Gasteiger partial charge in [0.25, 0.3) is 5.91 Å². The highest BCUT2D eigenvalue weighted by Gasteiger charge is 2.64. The minimum Gasteiger partial charge on any atom is -0.481 e. The SMILES string of the molecule is COC(=O)C(F)(F)F.O=C(O)CC[n+]1ccc(C(=O)NC2(C(F)(F)F)CC2)cn1. The molecule has 1 amide bonds. The van der Waals surface area contributed by atoms with Gasteiger partial charge in [0.15, 0.2) is 12.7 Å². The highest BCUT2D eigenvalue weighted by molar-refractivity contribution is 5.94. The van der Waals surface area contributed by atoms with Crippen LogP contribution < -0.4 is 10.00 Å². The molecular weight excluding hydrogens is 416 g/mol. The molecule has 0 atom stereocenters. The lowest BCUT2D eigenvalue weighted by Gasteiger charge is -2.20. The minimum absolute atomic E-state index is 0.00269. The second-order valence-corrected chi connectivity index (χ2v) is 5.85. The zero-order valence-corrected chi connectivity index (χ0v) is 14.8. The van der Waals surface area contributed by atoms with Gasteiger partial charge >= 0.3 is 24.3 Å². The molecule has 0 bridgehead atoms. The van der Waals surface area contributed by atoms with E-state index in [-0.39, 0.29) is 31.4 Å². The van der Waals surface area contributed by atoms with E-state index in [1.54, 1.807) is 0 Å². The fraction of sp³-hybridized carbons (Fsp3) is 0.533. The van der Waals surface area contributed by atoms with E-state index in [0.717, 1.165) is 6.20 Å². The molecule has 2 N–H and O–H groups in total. The summed E-state index contributed by atoms with van der Waals surface area (Å²) in [4.78, 5) is 31.6. The van der Waals surface area contributed by atoms with Crippen molar-refractivity contribution in [3.05, 3.63) is 24.0 Å². The molecule has 162 valence electrons. The molecule has 1 heterocycles. The van der Waals surface area contributed by atoms with Crippen LogP contribution in [0.2, 0.25) is 0 Å². The summed E-state index contributed by atoms with van der Waals surface area (Å²) in [6.07, 6.45) is -7.24. The molecule has 29 heavy (non-hydrogen) atoms. The van der Waals surface area contributed by atoms with Crippen LogP contribution in [0.1, 0.15) is 29.6 Å². The maximum absolute atomic E-state index is 12.7. The number of methoxy groups -OCH3 is 1. The van der Waals surface area contributed by atoms with E-state index in [0.29, 0.717) is 7.11 Å². The molecule has 1 fully saturated rings. The van der Waals surface area contributed by atoms with Crippen molar-refractivity contribution in [3.8, 4) is 0 Å². The van der Waals surface area contributed by atoms with Gasteiger partial charge in [-0.15, -0.1) is 0 Å². The lowest BCUT2D eigenvalue weighted by atomic mass is 10.2. The predicted molar refractivity (Wildman–Crippen MR) is 80.2 cm³/mol. The molecule has 2 rings (SSSR count). The first-order valence-electron chi connectivity index (χ1n) is 7.84. The van der Waals surface area contributed by atoms with Crippen molar-refractivity contribution in [3.63, 3.8) is 0 Å². The molecule has 1 aromatic rings. The lowest BCUT2D eigenvalue weighted by molar-refractivity contribution is -0.753. The number of carboxylic acids is 1. The van der Waals surface area contributed by atoms with Gasteiger partial charge in [-0.2, -0.15) is 26.3 Å². The lowest BCUT2D eigenvalue weighted by Crippen LogP contribution is -2.48. The van der Waals surface area contributed by atoms with Gasteiger partial charge in [-0.25, -0.2) is 4.79 Å². The number of esters is 1. The quantitative estimate of drug-likeness (QED) is 0.414. The smallest absolute Gasteiger partial charge is 0.481 e. The van der Waals surface area contributed by atoms with Crippen molar-refractivity contribution in [1.29, 1.82) is 0 Å². The van der Waals surface area contributed by atoms with Gasteiger partial charge in [0.1, 0.15) is 18.2 Å². The third-order valence-corrected chi connectivity index (χ3v) is 3.65. The van der Waals surface area contributed by atoms with E-state index < -0.39 is 35.7 Å². The number of amides is 1. The molecule has 0 spiro atoms. The molecule has 8 nitrogen and oxygen atoms in total. The molecule has 1 aliphatic carbocycles. The number of aliphatic carboxylic acids is 1. The van der Waals surface area contributed by atoms with Gasteiger partial charge in [-0.3, -0.25) is 9.59 Å². The van der Waals surface area contributed by atoms with E-state index in [2.05, 4.69) is 9.84 Å². The molecule has 0 aromatic carbocycles. The van der Waals surface area contributed by atoms with Crippen molar-refractivity contribution >= 4 is 17.8 Å². The van der Waals surface area contributed by atoms with E-state index in [9.17, 15) is 40.7 Å². The molecule has 0 aliphatic heterocycles. The van der Waals surface area contributed by atoms with Gasteiger partial charge in [0.05, 0.1) is 12.7 Å². The number of aryl methyl sites for hydroxylation is 1. The summed E-state index contributed by atoms with van der Waals surface area (Å²) in [6, 6.07) is 1.30. The average molecular weight is 432 g/mol. The molecule has 0 saturated heterocycles. The van der Waals surface area contributed by atoms with Crippen LogP contribution in [0.4, 0.5) is 26.3 Å². The number of alkyl halides is 6. The first-order chi connectivity index (χ1) is 13.2. The van der Waals surface area contributed by atoms with Crippen LogP contribution in [0, 0.1) is 0 Å². The summed E-state index contributed by atoms with van der Waals surface area (Å²) in [7, 11) is 0.676. The Morgan fingerprint density at radius 2 is 1.83 bits per heavy atom. The number of ether oxygens (including phenoxy) is 1. The van der Waals surface area contributed by atoms with Crippen molar-refractivity contribution in [2.24, 2.45) is 0 Å². The number of nitrogens with one attached hydrogen (secondary N) is 1. The van der Waals surface area contributed by atoms with Crippen molar-refractivity contribution in [1.82, 2.24) is 10.4 Å². The summed E-state index contributed by atoms with van der Waals surface area (Å²) < 4.78 is 75.7. The van der Waals surface area contributed by atoms with Crippen LogP contribution in [0.5, 0.6) is 0 Å².